The molecule has 12 heteroatoms. The predicted octanol–water partition coefficient (Wildman–Crippen LogP) is 0.608. The first kappa shape index (κ1) is 18.5. The summed E-state index contributed by atoms with van der Waals surface area (Å²) in [5.74, 6) is 0.797. The van der Waals surface area contributed by atoms with Gasteiger partial charge in [-0.25, -0.2) is 28.2 Å². The molecule has 0 amide bonds. The van der Waals surface area contributed by atoms with E-state index in [0.717, 1.165) is 5.82 Å². The zero-order valence-electron chi connectivity index (χ0n) is 15.7. The molecule has 0 spiro atoms. The van der Waals surface area contributed by atoms with Crippen molar-refractivity contribution in [1.82, 2.24) is 28.8 Å². The Morgan fingerprint density at radius 2 is 1.83 bits per heavy atom. The van der Waals surface area contributed by atoms with Crippen molar-refractivity contribution >= 4 is 26.9 Å². The second-order valence-electron chi connectivity index (χ2n) is 6.77. The Hall–Kier alpha value is -3.51. The van der Waals surface area contributed by atoms with Crippen LogP contribution in [0.15, 0.2) is 63.4 Å². The van der Waals surface area contributed by atoms with Crippen LogP contribution in [0.2, 0.25) is 0 Å². The Morgan fingerprint density at radius 1 is 1.03 bits per heavy atom. The lowest BCUT2D eigenvalue weighted by atomic mass is 10.3. The SMILES string of the molecule is O=c1[nH]c2cc(S(=O)(=O)N3CCN(c4cc(-n5ccnc5)ncn4)CC3)ccc2o1. The Morgan fingerprint density at radius 3 is 2.60 bits per heavy atom. The molecule has 0 atom stereocenters. The maximum absolute atomic E-state index is 13.0. The smallest absolute Gasteiger partial charge is 0.408 e. The van der Waals surface area contributed by atoms with Crippen LogP contribution in [0.4, 0.5) is 5.82 Å². The molecule has 0 aliphatic carbocycles. The van der Waals surface area contributed by atoms with Gasteiger partial charge < -0.3 is 9.32 Å². The van der Waals surface area contributed by atoms with Gasteiger partial charge in [0.25, 0.3) is 0 Å². The van der Waals surface area contributed by atoms with E-state index in [1.54, 1.807) is 23.3 Å². The summed E-state index contributed by atoms with van der Waals surface area (Å²) < 4.78 is 34.2. The van der Waals surface area contributed by atoms with Crippen LogP contribution in [0.3, 0.4) is 0 Å². The second kappa shape index (κ2) is 7.07. The van der Waals surface area contributed by atoms with Crippen molar-refractivity contribution in [3.05, 3.63) is 59.9 Å². The van der Waals surface area contributed by atoms with Crippen molar-refractivity contribution in [2.75, 3.05) is 31.1 Å². The normalized spacial score (nSPS) is 15.7. The van der Waals surface area contributed by atoms with Crippen LogP contribution >= 0.6 is 0 Å². The van der Waals surface area contributed by atoms with E-state index in [1.165, 1.54) is 28.8 Å². The highest BCUT2D eigenvalue weighted by atomic mass is 32.2. The Labute approximate surface area is 170 Å². The molecule has 0 unspecified atom stereocenters. The maximum atomic E-state index is 13.0. The van der Waals surface area contributed by atoms with Crippen molar-refractivity contribution < 1.29 is 12.8 Å². The van der Waals surface area contributed by atoms with E-state index in [2.05, 4.69) is 19.9 Å². The Balaban J connectivity index is 1.33. The number of oxazole rings is 1. The van der Waals surface area contributed by atoms with Crippen LogP contribution in [-0.2, 0) is 10.0 Å². The van der Waals surface area contributed by atoms with Crippen molar-refractivity contribution in [3.8, 4) is 5.82 Å². The number of benzene rings is 1. The molecule has 1 fully saturated rings. The molecule has 1 aliphatic heterocycles. The molecule has 1 saturated heterocycles. The quantitative estimate of drug-likeness (QED) is 0.501. The van der Waals surface area contributed by atoms with Crippen LogP contribution in [0.5, 0.6) is 0 Å². The molecule has 154 valence electrons. The molecule has 1 N–H and O–H groups in total. The molecule has 30 heavy (non-hydrogen) atoms. The number of nitrogens with zero attached hydrogens (tertiary/aromatic N) is 6. The minimum absolute atomic E-state index is 0.116. The highest BCUT2D eigenvalue weighted by molar-refractivity contribution is 7.89. The lowest BCUT2D eigenvalue weighted by Gasteiger charge is -2.34. The van der Waals surface area contributed by atoms with Gasteiger partial charge in [0.1, 0.15) is 24.3 Å². The zero-order chi connectivity index (χ0) is 20.7. The summed E-state index contributed by atoms with van der Waals surface area (Å²) >= 11 is 0. The molecular formula is C18H17N7O4S. The third kappa shape index (κ3) is 3.25. The molecule has 5 rings (SSSR count). The number of H-pyrrole nitrogens is 1. The first-order chi connectivity index (χ1) is 14.5. The van der Waals surface area contributed by atoms with Crippen molar-refractivity contribution in [1.29, 1.82) is 0 Å². The summed E-state index contributed by atoms with van der Waals surface area (Å²) in [6, 6.07) is 6.19. The third-order valence-corrected chi connectivity index (χ3v) is 6.89. The number of nitrogens with one attached hydrogen (secondary N) is 1. The lowest BCUT2D eigenvalue weighted by molar-refractivity contribution is 0.384. The van der Waals surface area contributed by atoms with E-state index in [4.69, 9.17) is 4.42 Å². The molecule has 0 radical (unpaired) electrons. The molecule has 0 saturated carbocycles. The number of aromatic amines is 1. The van der Waals surface area contributed by atoms with E-state index in [9.17, 15) is 13.2 Å². The standard InChI is InChI=1S/C18H17N7O4S/c26-18-22-14-9-13(1-2-15(14)29-18)30(27,28)25-7-5-23(6-8-25)16-10-17(21-11-20-16)24-4-3-19-12-24/h1-4,9-12H,5-8H2,(H,22,26). The second-order valence-corrected chi connectivity index (χ2v) is 8.71. The Kier molecular flexibility index (Phi) is 4.37. The maximum Gasteiger partial charge on any atom is 0.417 e. The van der Waals surface area contributed by atoms with Crippen molar-refractivity contribution in [3.63, 3.8) is 0 Å². The van der Waals surface area contributed by atoms with E-state index in [-0.39, 0.29) is 4.90 Å². The van der Waals surface area contributed by atoms with E-state index >= 15 is 0 Å². The van der Waals surface area contributed by atoms with Gasteiger partial charge in [-0.2, -0.15) is 4.31 Å². The predicted molar refractivity (Wildman–Crippen MR) is 107 cm³/mol. The molecule has 0 bridgehead atoms. The lowest BCUT2D eigenvalue weighted by Crippen LogP contribution is -2.48. The largest absolute Gasteiger partial charge is 0.417 e. The van der Waals surface area contributed by atoms with Crippen LogP contribution in [0.1, 0.15) is 0 Å². The number of sulfonamides is 1. The van der Waals surface area contributed by atoms with Gasteiger partial charge in [0, 0.05) is 44.6 Å². The van der Waals surface area contributed by atoms with Crippen LogP contribution < -0.4 is 10.7 Å². The highest BCUT2D eigenvalue weighted by Gasteiger charge is 2.29. The molecule has 1 aromatic carbocycles. The summed E-state index contributed by atoms with van der Waals surface area (Å²) in [6.07, 6.45) is 6.60. The van der Waals surface area contributed by atoms with E-state index in [1.807, 2.05) is 11.0 Å². The number of fused-ring (bicyclic) bond motifs is 1. The zero-order valence-corrected chi connectivity index (χ0v) is 16.5. The highest BCUT2D eigenvalue weighted by Crippen LogP contribution is 2.23. The van der Waals surface area contributed by atoms with Gasteiger partial charge in [-0.15, -0.1) is 0 Å². The van der Waals surface area contributed by atoms with Gasteiger partial charge in [0.15, 0.2) is 5.58 Å². The number of hydrogen-bond donors (Lipinski definition) is 1. The van der Waals surface area contributed by atoms with Gasteiger partial charge in [-0.3, -0.25) is 9.55 Å². The minimum Gasteiger partial charge on any atom is -0.408 e. The fourth-order valence-corrected chi connectivity index (χ4v) is 4.89. The average Bonchev–Trinajstić information content (AvgIpc) is 3.42. The molecule has 11 nitrogen and oxygen atoms in total. The van der Waals surface area contributed by atoms with Crippen molar-refractivity contribution in [2.24, 2.45) is 0 Å². The molecular weight excluding hydrogens is 410 g/mol. The van der Waals surface area contributed by atoms with Crippen LogP contribution in [-0.4, -0.2) is 63.4 Å². The number of imidazole rings is 1. The summed E-state index contributed by atoms with van der Waals surface area (Å²) in [5.41, 5.74) is 0.675. The number of rotatable bonds is 4. The number of hydrogen-bond acceptors (Lipinski definition) is 8. The number of anilines is 1. The molecule has 1 aliphatic rings. The molecule has 4 aromatic rings. The molecule has 4 heterocycles. The summed E-state index contributed by atoms with van der Waals surface area (Å²) in [6.45, 7) is 1.61. The molecule has 3 aromatic heterocycles. The van der Waals surface area contributed by atoms with Gasteiger partial charge >= 0.3 is 5.76 Å². The van der Waals surface area contributed by atoms with E-state index in [0.29, 0.717) is 43.1 Å². The van der Waals surface area contributed by atoms with Gasteiger partial charge in [-0.1, -0.05) is 0 Å². The third-order valence-electron chi connectivity index (χ3n) is 5.00. The van der Waals surface area contributed by atoms with Gasteiger partial charge in [0.2, 0.25) is 10.0 Å². The first-order valence-corrected chi connectivity index (χ1v) is 10.6. The fourth-order valence-electron chi connectivity index (χ4n) is 3.44. The van der Waals surface area contributed by atoms with Crippen LogP contribution in [0, 0.1) is 0 Å². The topological polar surface area (TPSA) is 130 Å². The average molecular weight is 427 g/mol. The fraction of sp³-hybridized carbons (Fsp3) is 0.222. The first-order valence-electron chi connectivity index (χ1n) is 9.19. The van der Waals surface area contributed by atoms with Crippen LogP contribution in [0.25, 0.3) is 16.9 Å². The monoisotopic (exact) mass is 427 g/mol. The van der Waals surface area contributed by atoms with E-state index < -0.39 is 15.8 Å². The summed E-state index contributed by atoms with van der Waals surface area (Å²) in [5, 5.41) is 0. The summed E-state index contributed by atoms with van der Waals surface area (Å²) in [7, 11) is -3.70. The van der Waals surface area contributed by atoms with Gasteiger partial charge in [-0.05, 0) is 18.2 Å². The number of aromatic nitrogens is 5. The summed E-state index contributed by atoms with van der Waals surface area (Å²) in [4.78, 5) is 28.5. The minimum atomic E-state index is -3.70. The Bertz CT molecular complexity index is 1350. The van der Waals surface area contributed by atoms with Gasteiger partial charge in [0.05, 0.1) is 10.4 Å². The van der Waals surface area contributed by atoms with Crippen molar-refractivity contribution in [2.45, 2.75) is 4.90 Å². The number of piperazine rings is 1.